The number of thioether (sulfide) groups is 1. The molecule has 0 radical (unpaired) electrons. The fourth-order valence-electron chi connectivity index (χ4n) is 1.75. The molecular formula is C16H25FN4OS. The Morgan fingerprint density at radius 3 is 2.70 bits per heavy atom. The number of hydrogen-bond donors (Lipinski definition) is 2. The molecule has 0 atom stereocenters. The maximum atomic E-state index is 13.1. The molecule has 0 fully saturated rings. The Labute approximate surface area is 141 Å². The predicted octanol–water partition coefficient (Wildman–Crippen LogP) is 1.35. The molecule has 0 saturated carbocycles. The van der Waals surface area contributed by atoms with E-state index in [1.807, 2.05) is 12.3 Å². The summed E-state index contributed by atoms with van der Waals surface area (Å²) in [6, 6.07) is 6.54. The molecule has 1 amide bonds. The predicted molar refractivity (Wildman–Crippen MR) is 95.5 cm³/mol. The van der Waals surface area contributed by atoms with Crippen molar-refractivity contribution in [1.82, 2.24) is 15.5 Å². The number of aliphatic imine (C=N–C) groups is 1. The molecule has 0 aliphatic carbocycles. The van der Waals surface area contributed by atoms with E-state index in [0.29, 0.717) is 18.9 Å². The number of hydrogen-bond acceptors (Lipinski definition) is 3. The number of rotatable bonds is 8. The summed E-state index contributed by atoms with van der Waals surface area (Å²) in [6.07, 6.45) is 2.72. The summed E-state index contributed by atoms with van der Waals surface area (Å²) >= 11 is 1.73. The summed E-state index contributed by atoms with van der Waals surface area (Å²) in [7, 11) is 3.41. The molecule has 1 aromatic carbocycles. The van der Waals surface area contributed by atoms with E-state index in [4.69, 9.17) is 0 Å². The maximum absolute atomic E-state index is 13.1. The van der Waals surface area contributed by atoms with Crippen LogP contribution in [0.4, 0.5) is 4.39 Å². The molecular weight excluding hydrogens is 315 g/mol. The van der Waals surface area contributed by atoms with Crippen molar-refractivity contribution in [2.24, 2.45) is 4.99 Å². The van der Waals surface area contributed by atoms with Crippen molar-refractivity contribution in [1.29, 1.82) is 0 Å². The minimum atomic E-state index is -0.230. The molecule has 128 valence electrons. The van der Waals surface area contributed by atoms with Gasteiger partial charge >= 0.3 is 0 Å². The Morgan fingerprint density at radius 1 is 1.30 bits per heavy atom. The van der Waals surface area contributed by atoms with Crippen molar-refractivity contribution in [3.05, 3.63) is 35.6 Å². The zero-order chi connectivity index (χ0) is 17.1. The van der Waals surface area contributed by atoms with Crippen LogP contribution in [0, 0.1) is 5.82 Å². The van der Waals surface area contributed by atoms with Crippen LogP contribution in [0.3, 0.4) is 0 Å². The van der Waals surface area contributed by atoms with Gasteiger partial charge in [-0.25, -0.2) is 9.38 Å². The monoisotopic (exact) mass is 340 g/mol. The van der Waals surface area contributed by atoms with Crippen molar-refractivity contribution in [3.63, 3.8) is 0 Å². The highest BCUT2D eigenvalue weighted by Crippen LogP contribution is 2.03. The average Bonchev–Trinajstić information content (AvgIpc) is 2.51. The van der Waals surface area contributed by atoms with Crippen molar-refractivity contribution >= 4 is 23.6 Å². The van der Waals surface area contributed by atoms with Gasteiger partial charge in [0.15, 0.2) is 5.96 Å². The normalized spacial score (nSPS) is 11.2. The zero-order valence-corrected chi connectivity index (χ0v) is 14.8. The summed E-state index contributed by atoms with van der Waals surface area (Å²) in [5, 5.41) is 6.36. The summed E-state index contributed by atoms with van der Waals surface area (Å²) < 4.78 is 13.1. The smallest absolute Gasteiger partial charge is 0.243 e. The number of guanidine groups is 1. The number of amides is 1. The van der Waals surface area contributed by atoms with Crippen LogP contribution >= 0.6 is 11.8 Å². The van der Waals surface area contributed by atoms with Crippen LogP contribution in [0.1, 0.15) is 5.56 Å². The highest BCUT2D eigenvalue weighted by atomic mass is 32.2. The van der Waals surface area contributed by atoms with Crippen molar-refractivity contribution in [2.75, 3.05) is 45.7 Å². The summed E-state index contributed by atoms with van der Waals surface area (Å²) in [6.45, 7) is 1.48. The second-order valence-corrected chi connectivity index (χ2v) is 6.16. The molecule has 0 spiro atoms. The molecule has 0 heterocycles. The van der Waals surface area contributed by atoms with Crippen LogP contribution in [0.15, 0.2) is 29.3 Å². The van der Waals surface area contributed by atoms with E-state index in [2.05, 4.69) is 15.6 Å². The quantitative estimate of drug-likeness (QED) is 0.426. The second-order valence-electron chi connectivity index (χ2n) is 5.18. The lowest BCUT2D eigenvalue weighted by molar-refractivity contribution is -0.127. The number of carbonyl (C=O) groups is 1. The van der Waals surface area contributed by atoms with Gasteiger partial charge in [-0.3, -0.25) is 4.79 Å². The van der Waals surface area contributed by atoms with Gasteiger partial charge in [-0.05, 0) is 30.4 Å². The number of nitrogens with zero attached hydrogens (tertiary/aromatic N) is 2. The Kier molecular flexibility index (Phi) is 9.12. The molecule has 5 nitrogen and oxygen atoms in total. The maximum Gasteiger partial charge on any atom is 0.243 e. The van der Waals surface area contributed by atoms with Crippen molar-refractivity contribution < 1.29 is 9.18 Å². The Morgan fingerprint density at radius 2 is 2.04 bits per heavy atom. The van der Waals surface area contributed by atoms with E-state index in [-0.39, 0.29) is 18.3 Å². The highest BCUT2D eigenvalue weighted by molar-refractivity contribution is 7.98. The van der Waals surface area contributed by atoms with Gasteiger partial charge in [0.05, 0.1) is 0 Å². The third kappa shape index (κ3) is 8.44. The molecule has 2 N–H and O–H groups in total. The average molecular weight is 340 g/mol. The van der Waals surface area contributed by atoms with Gasteiger partial charge in [0.1, 0.15) is 12.4 Å². The van der Waals surface area contributed by atoms with Gasteiger partial charge in [-0.1, -0.05) is 12.1 Å². The third-order valence-electron chi connectivity index (χ3n) is 3.07. The van der Waals surface area contributed by atoms with E-state index in [1.54, 1.807) is 31.9 Å². The van der Waals surface area contributed by atoms with Crippen molar-refractivity contribution in [2.45, 2.75) is 6.42 Å². The first kappa shape index (κ1) is 19.3. The number of carbonyl (C=O) groups excluding carboxylic acids is 1. The van der Waals surface area contributed by atoms with Crippen molar-refractivity contribution in [3.8, 4) is 0 Å². The SMILES string of the molecule is CSCCNC(=NCC(=O)N(C)C)NCCc1cccc(F)c1. The fourth-order valence-corrected chi connectivity index (χ4v) is 2.06. The van der Waals surface area contributed by atoms with Gasteiger partial charge in [0.2, 0.25) is 5.91 Å². The van der Waals surface area contributed by atoms with E-state index in [1.165, 1.54) is 17.0 Å². The van der Waals surface area contributed by atoms with Crippen LogP contribution in [0.25, 0.3) is 0 Å². The standard InChI is InChI=1S/C16H25FN4OS/c1-21(2)15(22)12-20-16(19-9-10-23-3)18-8-7-13-5-4-6-14(17)11-13/h4-6,11H,7-10,12H2,1-3H3,(H2,18,19,20). The van der Waals surface area contributed by atoms with E-state index in [0.717, 1.165) is 17.9 Å². The fraction of sp³-hybridized carbons (Fsp3) is 0.500. The summed E-state index contributed by atoms with van der Waals surface area (Å²) in [5.41, 5.74) is 0.922. The summed E-state index contributed by atoms with van der Waals surface area (Å²) in [4.78, 5) is 17.4. The number of nitrogens with one attached hydrogen (secondary N) is 2. The van der Waals surface area contributed by atoms with Crippen LogP contribution in [0.5, 0.6) is 0 Å². The number of benzene rings is 1. The third-order valence-corrected chi connectivity index (χ3v) is 3.68. The molecule has 1 aromatic rings. The van der Waals surface area contributed by atoms with Gasteiger partial charge in [-0.15, -0.1) is 0 Å². The molecule has 0 bridgehead atoms. The Bertz CT molecular complexity index is 523. The van der Waals surface area contributed by atoms with Crippen LogP contribution in [-0.4, -0.2) is 62.5 Å². The molecule has 0 saturated heterocycles. The molecule has 0 unspecified atom stereocenters. The zero-order valence-electron chi connectivity index (χ0n) is 13.9. The molecule has 1 rings (SSSR count). The molecule has 0 aliphatic heterocycles. The Hall–Kier alpha value is -1.76. The topological polar surface area (TPSA) is 56.7 Å². The van der Waals surface area contributed by atoms with Gasteiger partial charge in [-0.2, -0.15) is 11.8 Å². The first-order chi connectivity index (χ1) is 11.0. The number of halogens is 1. The van der Waals surface area contributed by atoms with Gasteiger partial charge in [0, 0.05) is 32.9 Å². The number of likely N-dealkylation sites (N-methyl/N-ethyl adjacent to an activating group) is 1. The largest absolute Gasteiger partial charge is 0.356 e. The first-order valence-electron chi connectivity index (χ1n) is 7.48. The molecule has 7 heteroatoms. The van der Waals surface area contributed by atoms with Gasteiger partial charge in [0.25, 0.3) is 0 Å². The van der Waals surface area contributed by atoms with Crippen LogP contribution < -0.4 is 10.6 Å². The van der Waals surface area contributed by atoms with Gasteiger partial charge < -0.3 is 15.5 Å². The van der Waals surface area contributed by atoms with E-state index in [9.17, 15) is 9.18 Å². The lowest BCUT2D eigenvalue weighted by Crippen LogP contribution is -2.40. The lowest BCUT2D eigenvalue weighted by atomic mass is 10.1. The summed E-state index contributed by atoms with van der Waals surface area (Å²) in [5.74, 6) is 1.27. The lowest BCUT2D eigenvalue weighted by Gasteiger charge is -2.13. The minimum absolute atomic E-state index is 0.0545. The van der Waals surface area contributed by atoms with E-state index >= 15 is 0 Å². The Balaban J connectivity index is 2.50. The first-order valence-corrected chi connectivity index (χ1v) is 8.88. The molecule has 23 heavy (non-hydrogen) atoms. The second kappa shape index (κ2) is 10.9. The molecule has 0 aliphatic rings. The minimum Gasteiger partial charge on any atom is -0.356 e. The molecule has 0 aromatic heterocycles. The highest BCUT2D eigenvalue weighted by Gasteiger charge is 2.04. The van der Waals surface area contributed by atoms with Crippen LogP contribution in [-0.2, 0) is 11.2 Å². The van der Waals surface area contributed by atoms with Crippen LogP contribution in [0.2, 0.25) is 0 Å². The van der Waals surface area contributed by atoms with E-state index < -0.39 is 0 Å².